The molecular formula is C22H27N3O4. The molecule has 1 aromatic rings. The van der Waals surface area contributed by atoms with E-state index >= 15 is 0 Å². The van der Waals surface area contributed by atoms with Gasteiger partial charge < -0.3 is 9.64 Å². The molecule has 2 atom stereocenters. The number of carbonyl (C=O) groups excluding carboxylic acids is 3. The van der Waals surface area contributed by atoms with Crippen molar-refractivity contribution in [1.82, 2.24) is 15.1 Å². The summed E-state index contributed by atoms with van der Waals surface area (Å²) < 4.78 is 6.27. The van der Waals surface area contributed by atoms with Crippen LogP contribution in [0, 0.1) is 5.92 Å². The number of nitrogens with zero attached hydrogens (tertiary/aromatic N) is 2. The minimum Gasteiger partial charge on any atom is -0.489 e. The summed E-state index contributed by atoms with van der Waals surface area (Å²) in [5, 5.41) is 2.34. The summed E-state index contributed by atoms with van der Waals surface area (Å²) >= 11 is 0. The average molecular weight is 397 g/mol. The number of fused-ring (bicyclic) bond motifs is 1. The van der Waals surface area contributed by atoms with Crippen LogP contribution >= 0.6 is 0 Å². The summed E-state index contributed by atoms with van der Waals surface area (Å²) in [5.41, 5.74) is 1.52. The van der Waals surface area contributed by atoms with Crippen LogP contribution in [0.3, 0.4) is 0 Å². The first kappa shape index (κ1) is 18.6. The maximum absolute atomic E-state index is 12.8. The van der Waals surface area contributed by atoms with Gasteiger partial charge in [0.2, 0.25) is 11.8 Å². The van der Waals surface area contributed by atoms with Crippen molar-refractivity contribution in [3.05, 3.63) is 29.3 Å². The van der Waals surface area contributed by atoms with Gasteiger partial charge in [0.25, 0.3) is 5.91 Å². The number of carbonyl (C=O) groups is 3. The fourth-order valence-corrected chi connectivity index (χ4v) is 4.76. The third kappa shape index (κ3) is 3.88. The van der Waals surface area contributed by atoms with Crippen molar-refractivity contribution < 1.29 is 19.1 Å². The molecule has 1 saturated carbocycles. The fourth-order valence-electron chi connectivity index (χ4n) is 4.76. The monoisotopic (exact) mass is 397 g/mol. The molecule has 2 saturated heterocycles. The average Bonchev–Trinajstić information content (AvgIpc) is 3.45. The second-order valence-electron chi connectivity index (χ2n) is 8.80. The first-order valence-corrected chi connectivity index (χ1v) is 10.7. The van der Waals surface area contributed by atoms with E-state index in [-0.39, 0.29) is 30.2 Å². The van der Waals surface area contributed by atoms with Crippen LogP contribution < -0.4 is 10.1 Å². The second kappa shape index (κ2) is 7.44. The highest BCUT2D eigenvalue weighted by Crippen LogP contribution is 2.32. The maximum atomic E-state index is 12.8. The van der Waals surface area contributed by atoms with Crippen molar-refractivity contribution in [2.45, 2.75) is 57.2 Å². The molecule has 154 valence electrons. The number of hydrogen-bond donors (Lipinski definition) is 1. The predicted molar refractivity (Wildman–Crippen MR) is 105 cm³/mol. The molecule has 29 heavy (non-hydrogen) atoms. The molecule has 0 aromatic heterocycles. The van der Waals surface area contributed by atoms with Crippen molar-refractivity contribution in [3.8, 4) is 5.75 Å². The van der Waals surface area contributed by atoms with Gasteiger partial charge in [-0.3, -0.25) is 24.6 Å². The van der Waals surface area contributed by atoms with Crippen molar-refractivity contribution in [3.63, 3.8) is 0 Å². The quantitative estimate of drug-likeness (QED) is 0.765. The summed E-state index contributed by atoms with van der Waals surface area (Å²) in [6.07, 6.45) is 5.78. The molecule has 3 amide bonds. The van der Waals surface area contributed by atoms with Crippen molar-refractivity contribution in [2.24, 2.45) is 5.92 Å². The molecule has 3 fully saturated rings. The van der Waals surface area contributed by atoms with E-state index in [0.717, 1.165) is 43.2 Å². The lowest BCUT2D eigenvalue weighted by molar-refractivity contribution is -0.136. The highest BCUT2D eigenvalue weighted by atomic mass is 16.5. The third-order valence-corrected chi connectivity index (χ3v) is 6.47. The number of imide groups is 1. The molecule has 7 heteroatoms. The van der Waals surface area contributed by atoms with Crippen LogP contribution in [0.15, 0.2) is 18.2 Å². The minimum absolute atomic E-state index is 0.144. The highest BCUT2D eigenvalue weighted by molar-refractivity contribution is 6.05. The van der Waals surface area contributed by atoms with E-state index in [0.29, 0.717) is 18.5 Å². The van der Waals surface area contributed by atoms with E-state index in [4.69, 9.17) is 4.74 Å². The van der Waals surface area contributed by atoms with E-state index in [1.54, 1.807) is 4.90 Å². The number of amides is 3. The number of nitrogens with one attached hydrogen (secondary N) is 1. The molecule has 1 aromatic carbocycles. The van der Waals surface area contributed by atoms with Gasteiger partial charge in [-0.25, -0.2) is 0 Å². The Labute approximate surface area is 170 Å². The Morgan fingerprint density at radius 2 is 1.97 bits per heavy atom. The summed E-state index contributed by atoms with van der Waals surface area (Å²) in [4.78, 5) is 40.5. The van der Waals surface area contributed by atoms with Crippen LogP contribution in [0.5, 0.6) is 5.75 Å². The highest BCUT2D eigenvalue weighted by Gasteiger charge is 2.39. The number of likely N-dealkylation sites (tertiary alicyclic amines) is 1. The summed E-state index contributed by atoms with van der Waals surface area (Å²) in [7, 11) is 0. The number of piperidine rings is 2. The summed E-state index contributed by atoms with van der Waals surface area (Å²) in [5.74, 6) is 0.887. The normalized spacial score (nSPS) is 27.7. The van der Waals surface area contributed by atoms with Crippen LogP contribution in [-0.4, -0.2) is 59.3 Å². The third-order valence-electron chi connectivity index (χ3n) is 6.47. The van der Waals surface area contributed by atoms with E-state index in [2.05, 4.69) is 10.2 Å². The Bertz CT molecular complexity index is 850. The SMILES string of the molecule is O=C1CCC(N2Cc3cc(O[C@@H]4CCCN(CC5CC5)C4)ccc3C2=O)C(=O)N1. The van der Waals surface area contributed by atoms with E-state index in [1.165, 1.54) is 19.4 Å². The number of benzene rings is 1. The van der Waals surface area contributed by atoms with Crippen LogP contribution in [-0.2, 0) is 16.1 Å². The van der Waals surface area contributed by atoms with Gasteiger partial charge in [-0.2, -0.15) is 0 Å². The van der Waals surface area contributed by atoms with Crippen LogP contribution in [0.25, 0.3) is 0 Å². The smallest absolute Gasteiger partial charge is 0.255 e. The Balaban J connectivity index is 1.25. The van der Waals surface area contributed by atoms with Gasteiger partial charge >= 0.3 is 0 Å². The topological polar surface area (TPSA) is 79.0 Å². The lowest BCUT2D eigenvalue weighted by Gasteiger charge is -2.33. The van der Waals surface area contributed by atoms with Crippen molar-refractivity contribution in [1.29, 1.82) is 0 Å². The lowest BCUT2D eigenvalue weighted by Crippen LogP contribution is -2.52. The number of ether oxygens (including phenoxy) is 1. The number of rotatable bonds is 5. The molecule has 5 rings (SSSR count). The van der Waals surface area contributed by atoms with E-state index < -0.39 is 6.04 Å². The molecule has 0 radical (unpaired) electrons. The van der Waals surface area contributed by atoms with Gasteiger partial charge in [0.15, 0.2) is 0 Å². The Kier molecular flexibility index (Phi) is 4.78. The molecule has 1 unspecified atom stereocenters. The molecular weight excluding hydrogens is 370 g/mol. The first-order chi connectivity index (χ1) is 14.1. The molecule has 7 nitrogen and oxygen atoms in total. The van der Waals surface area contributed by atoms with E-state index in [9.17, 15) is 14.4 Å². The number of hydrogen-bond acceptors (Lipinski definition) is 5. The van der Waals surface area contributed by atoms with Gasteiger partial charge in [0.1, 0.15) is 17.9 Å². The standard InChI is InChI=1S/C22H27N3O4/c26-20-8-7-19(21(27)23-20)25-12-15-10-16(5-6-18(15)22(25)28)29-17-2-1-9-24(13-17)11-14-3-4-14/h5-6,10,14,17,19H,1-4,7-9,11-13H2,(H,23,26,27)/t17-,19?/m1/s1. The molecule has 1 aliphatic carbocycles. The largest absolute Gasteiger partial charge is 0.489 e. The van der Waals surface area contributed by atoms with Gasteiger partial charge in [0.05, 0.1) is 0 Å². The van der Waals surface area contributed by atoms with Gasteiger partial charge in [-0.15, -0.1) is 0 Å². The van der Waals surface area contributed by atoms with E-state index in [1.807, 2.05) is 18.2 Å². The summed E-state index contributed by atoms with van der Waals surface area (Å²) in [6, 6.07) is 5.04. The second-order valence-corrected chi connectivity index (χ2v) is 8.80. The summed E-state index contributed by atoms with van der Waals surface area (Å²) in [6.45, 7) is 3.71. The molecule has 3 aliphatic heterocycles. The Morgan fingerprint density at radius 3 is 2.76 bits per heavy atom. The molecule has 0 spiro atoms. The fraction of sp³-hybridized carbons (Fsp3) is 0.591. The Morgan fingerprint density at radius 1 is 1.10 bits per heavy atom. The zero-order valence-corrected chi connectivity index (χ0v) is 16.6. The molecule has 0 bridgehead atoms. The Hall–Kier alpha value is -2.41. The van der Waals surface area contributed by atoms with Gasteiger partial charge in [0, 0.05) is 31.6 Å². The predicted octanol–water partition coefficient (Wildman–Crippen LogP) is 1.70. The lowest BCUT2D eigenvalue weighted by atomic mass is 10.0. The molecule has 3 heterocycles. The van der Waals surface area contributed by atoms with Gasteiger partial charge in [-0.1, -0.05) is 0 Å². The molecule has 4 aliphatic rings. The van der Waals surface area contributed by atoms with Crippen molar-refractivity contribution >= 4 is 17.7 Å². The zero-order valence-electron chi connectivity index (χ0n) is 16.6. The first-order valence-electron chi connectivity index (χ1n) is 10.7. The minimum atomic E-state index is -0.578. The van der Waals surface area contributed by atoms with Crippen molar-refractivity contribution in [2.75, 3.05) is 19.6 Å². The maximum Gasteiger partial charge on any atom is 0.255 e. The molecule has 1 N–H and O–H groups in total. The van der Waals surface area contributed by atoms with Crippen LogP contribution in [0.4, 0.5) is 0 Å². The van der Waals surface area contributed by atoms with Gasteiger partial charge in [-0.05, 0) is 68.3 Å². The van der Waals surface area contributed by atoms with Crippen LogP contribution in [0.2, 0.25) is 0 Å². The zero-order chi connectivity index (χ0) is 20.0. The van der Waals surface area contributed by atoms with Crippen LogP contribution in [0.1, 0.15) is 54.4 Å².